The molecule has 0 radical (unpaired) electrons. The van der Waals surface area contributed by atoms with Crippen LogP contribution in [0.25, 0.3) is 5.82 Å². The molecule has 2 N–H and O–H groups in total. The maximum absolute atomic E-state index is 12.3. The van der Waals surface area contributed by atoms with Crippen LogP contribution in [0.3, 0.4) is 0 Å². The molecule has 3 aromatic rings. The van der Waals surface area contributed by atoms with Crippen molar-refractivity contribution in [3.05, 3.63) is 70.6 Å². The van der Waals surface area contributed by atoms with Gasteiger partial charge in [-0.1, -0.05) is 22.0 Å². The SMILES string of the molecule is Cc1c(C(=O)NNC(=O)COc2ccc(Br)cc2)cnn1-c1ccccn1. The van der Waals surface area contributed by atoms with Gasteiger partial charge in [0.1, 0.15) is 5.75 Å². The van der Waals surface area contributed by atoms with Crippen LogP contribution in [-0.2, 0) is 4.79 Å². The van der Waals surface area contributed by atoms with E-state index in [0.29, 0.717) is 22.8 Å². The van der Waals surface area contributed by atoms with Gasteiger partial charge in [-0.2, -0.15) is 5.10 Å². The number of hydrazine groups is 1. The van der Waals surface area contributed by atoms with Crippen LogP contribution in [0.2, 0.25) is 0 Å². The minimum atomic E-state index is -0.485. The van der Waals surface area contributed by atoms with E-state index >= 15 is 0 Å². The molecule has 0 atom stereocenters. The summed E-state index contributed by atoms with van der Waals surface area (Å²) in [6.07, 6.45) is 3.06. The van der Waals surface area contributed by atoms with Gasteiger partial charge in [-0.05, 0) is 43.3 Å². The van der Waals surface area contributed by atoms with Crippen molar-refractivity contribution in [1.82, 2.24) is 25.6 Å². The monoisotopic (exact) mass is 429 g/mol. The number of halogens is 1. The van der Waals surface area contributed by atoms with Crippen molar-refractivity contribution in [3.63, 3.8) is 0 Å². The summed E-state index contributed by atoms with van der Waals surface area (Å²) < 4.78 is 7.80. The Bertz CT molecular complexity index is 941. The van der Waals surface area contributed by atoms with E-state index in [0.717, 1.165) is 4.47 Å². The number of aromatic nitrogens is 3. The van der Waals surface area contributed by atoms with Gasteiger partial charge in [-0.25, -0.2) is 9.67 Å². The Morgan fingerprint density at radius 1 is 1.15 bits per heavy atom. The Kier molecular flexibility index (Phi) is 5.82. The van der Waals surface area contributed by atoms with Crippen LogP contribution in [0.1, 0.15) is 16.1 Å². The summed E-state index contributed by atoms with van der Waals surface area (Å²) in [5.74, 6) is 0.181. The smallest absolute Gasteiger partial charge is 0.276 e. The summed E-state index contributed by atoms with van der Waals surface area (Å²) in [5, 5.41) is 4.17. The molecule has 0 saturated heterocycles. The van der Waals surface area contributed by atoms with Crippen LogP contribution in [0, 0.1) is 6.92 Å². The predicted molar refractivity (Wildman–Crippen MR) is 101 cm³/mol. The van der Waals surface area contributed by atoms with E-state index in [1.165, 1.54) is 6.20 Å². The van der Waals surface area contributed by atoms with Crippen molar-refractivity contribution >= 4 is 27.7 Å². The Labute approximate surface area is 163 Å². The second-order valence-electron chi connectivity index (χ2n) is 5.49. The fourth-order valence-corrected chi connectivity index (χ4v) is 2.52. The first-order valence-electron chi connectivity index (χ1n) is 7.98. The first kappa shape index (κ1) is 18.6. The number of carbonyl (C=O) groups excluding carboxylic acids is 2. The van der Waals surface area contributed by atoms with Crippen molar-refractivity contribution < 1.29 is 14.3 Å². The molecule has 27 heavy (non-hydrogen) atoms. The number of pyridine rings is 1. The van der Waals surface area contributed by atoms with E-state index in [1.807, 2.05) is 6.07 Å². The third-order valence-corrected chi connectivity index (χ3v) is 4.15. The Morgan fingerprint density at radius 3 is 2.63 bits per heavy atom. The van der Waals surface area contributed by atoms with Gasteiger partial charge < -0.3 is 4.74 Å². The normalized spacial score (nSPS) is 10.3. The first-order chi connectivity index (χ1) is 13.0. The average Bonchev–Trinajstić information content (AvgIpc) is 3.08. The van der Waals surface area contributed by atoms with Gasteiger partial charge in [-0.15, -0.1) is 0 Å². The maximum Gasteiger partial charge on any atom is 0.276 e. The number of hydrogen-bond donors (Lipinski definition) is 2. The largest absolute Gasteiger partial charge is 0.484 e. The summed E-state index contributed by atoms with van der Waals surface area (Å²) in [7, 11) is 0. The van der Waals surface area contributed by atoms with Gasteiger partial charge in [-0.3, -0.25) is 20.4 Å². The summed E-state index contributed by atoms with van der Waals surface area (Å²) in [6.45, 7) is 1.52. The average molecular weight is 430 g/mol. The number of amides is 2. The van der Waals surface area contributed by atoms with E-state index < -0.39 is 11.8 Å². The lowest BCUT2D eigenvalue weighted by atomic mass is 10.2. The van der Waals surface area contributed by atoms with E-state index in [2.05, 4.69) is 36.9 Å². The van der Waals surface area contributed by atoms with Gasteiger partial charge in [0.25, 0.3) is 11.8 Å². The van der Waals surface area contributed by atoms with Gasteiger partial charge in [0.15, 0.2) is 12.4 Å². The topological polar surface area (TPSA) is 98.1 Å². The van der Waals surface area contributed by atoms with Crippen molar-refractivity contribution in [2.75, 3.05) is 6.61 Å². The highest BCUT2D eigenvalue weighted by atomic mass is 79.9. The lowest BCUT2D eigenvalue weighted by molar-refractivity contribution is -0.123. The zero-order valence-corrected chi connectivity index (χ0v) is 15.9. The Morgan fingerprint density at radius 2 is 1.93 bits per heavy atom. The van der Waals surface area contributed by atoms with Crippen molar-refractivity contribution in [2.24, 2.45) is 0 Å². The third kappa shape index (κ3) is 4.70. The van der Waals surface area contributed by atoms with Crippen LogP contribution in [0.4, 0.5) is 0 Å². The quantitative estimate of drug-likeness (QED) is 0.605. The van der Waals surface area contributed by atoms with Crippen molar-refractivity contribution in [2.45, 2.75) is 6.92 Å². The van der Waals surface area contributed by atoms with Crippen LogP contribution in [0.5, 0.6) is 5.75 Å². The number of benzene rings is 1. The molecule has 2 amide bonds. The van der Waals surface area contributed by atoms with E-state index in [9.17, 15) is 9.59 Å². The molecule has 0 aliphatic rings. The first-order valence-corrected chi connectivity index (χ1v) is 8.77. The number of ether oxygens (including phenoxy) is 1. The molecule has 3 rings (SSSR count). The number of nitrogens with one attached hydrogen (secondary N) is 2. The Balaban J connectivity index is 1.54. The molecule has 0 saturated carbocycles. The molecule has 9 heteroatoms. The van der Waals surface area contributed by atoms with Crippen LogP contribution < -0.4 is 15.6 Å². The summed E-state index contributed by atoms with van der Waals surface area (Å²) >= 11 is 3.32. The summed E-state index contributed by atoms with van der Waals surface area (Å²) in [5.41, 5.74) is 5.60. The highest BCUT2D eigenvalue weighted by molar-refractivity contribution is 9.10. The van der Waals surface area contributed by atoms with Crippen molar-refractivity contribution in [3.8, 4) is 11.6 Å². The maximum atomic E-state index is 12.3. The van der Waals surface area contributed by atoms with E-state index in [-0.39, 0.29) is 6.61 Å². The lowest BCUT2D eigenvalue weighted by Gasteiger charge is -2.09. The van der Waals surface area contributed by atoms with E-state index in [4.69, 9.17) is 4.74 Å². The van der Waals surface area contributed by atoms with Crippen LogP contribution in [-0.4, -0.2) is 33.2 Å². The molecule has 8 nitrogen and oxygen atoms in total. The number of nitrogens with zero attached hydrogens (tertiary/aromatic N) is 3. The molecule has 1 aromatic carbocycles. The Hall–Kier alpha value is -3.20. The molecule has 0 fully saturated rings. The molecule has 2 heterocycles. The molecule has 138 valence electrons. The molecular formula is C18H16BrN5O3. The molecule has 0 bridgehead atoms. The lowest BCUT2D eigenvalue weighted by Crippen LogP contribution is -2.44. The molecule has 2 aromatic heterocycles. The van der Waals surface area contributed by atoms with Gasteiger partial charge in [0.05, 0.1) is 17.5 Å². The molecule has 0 aliphatic heterocycles. The van der Waals surface area contributed by atoms with Gasteiger partial charge in [0, 0.05) is 10.7 Å². The highest BCUT2D eigenvalue weighted by Gasteiger charge is 2.16. The number of rotatable bonds is 5. The zero-order chi connectivity index (χ0) is 19.2. The number of hydrogen-bond acceptors (Lipinski definition) is 5. The molecule has 0 spiro atoms. The minimum absolute atomic E-state index is 0.228. The summed E-state index contributed by atoms with van der Waals surface area (Å²) in [4.78, 5) is 28.3. The third-order valence-electron chi connectivity index (χ3n) is 3.62. The number of carbonyl (C=O) groups is 2. The molecule has 0 aliphatic carbocycles. The fourth-order valence-electron chi connectivity index (χ4n) is 2.25. The molecular weight excluding hydrogens is 414 g/mol. The van der Waals surface area contributed by atoms with Crippen LogP contribution >= 0.6 is 15.9 Å². The zero-order valence-electron chi connectivity index (χ0n) is 14.3. The second kappa shape index (κ2) is 8.45. The van der Waals surface area contributed by atoms with E-state index in [1.54, 1.807) is 54.2 Å². The highest BCUT2D eigenvalue weighted by Crippen LogP contribution is 2.16. The standard InChI is InChI=1S/C18H16BrN5O3/c1-12-15(10-21-24(12)16-4-2-3-9-20-16)18(26)23-22-17(25)11-27-14-7-5-13(19)6-8-14/h2-10H,11H2,1H3,(H,22,25)(H,23,26). The van der Waals surface area contributed by atoms with Crippen LogP contribution in [0.15, 0.2) is 59.3 Å². The predicted octanol–water partition coefficient (Wildman–Crippen LogP) is 2.18. The van der Waals surface area contributed by atoms with Crippen molar-refractivity contribution in [1.29, 1.82) is 0 Å². The molecule has 0 unspecified atom stereocenters. The van der Waals surface area contributed by atoms with Gasteiger partial charge >= 0.3 is 0 Å². The van der Waals surface area contributed by atoms with Gasteiger partial charge in [0.2, 0.25) is 0 Å². The summed E-state index contributed by atoms with van der Waals surface area (Å²) in [6, 6.07) is 12.5. The minimum Gasteiger partial charge on any atom is -0.484 e. The fraction of sp³-hybridized carbons (Fsp3) is 0.111. The second-order valence-corrected chi connectivity index (χ2v) is 6.40.